The first-order chi connectivity index (χ1) is 6.20. The van der Waals surface area contributed by atoms with Crippen LogP contribution < -0.4 is 10.6 Å². The van der Waals surface area contributed by atoms with Crippen LogP contribution in [-0.2, 0) is 0 Å². The van der Waals surface area contributed by atoms with Gasteiger partial charge in [-0.1, -0.05) is 19.3 Å². The smallest absolute Gasteiger partial charge is 0.404 e. The Balaban J connectivity index is 0.000000252. The fraction of sp³-hybridized carbons (Fsp3) is 0.889. The first kappa shape index (κ1) is 12.2. The van der Waals surface area contributed by atoms with Gasteiger partial charge >= 0.3 is 6.09 Å². The van der Waals surface area contributed by atoms with Gasteiger partial charge in [0.15, 0.2) is 0 Å². The van der Waals surface area contributed by atoms with E-state index in [0.29, 0.717) is 0 Å². The molecule has 78 valence electrons. The lowest BCUT2D eigenvalue weighted by Gasteiger charge is -2.20. The minimum atomic E-state index is -0.995. The van der Waals surface area contributed by atoms with Crippen molar-refractivity contribution in [2.75, 3.05) is 14.1 Å². The maximum absolute atomic E-state index is 9.26. The Bertz CT molecular complexity index is 134. The monoisotopic (exact) mass is 188 g/mol. The molecule has 1 fully saturated rings. The van der Waals surface area contributed by atoms with Crippen molar-refractivity contribution < 1.29 is 9.90 Å². The lowest BCUT2D eigenvalue weighted by atomic mass is 9.96. The number of amides is 1. The van der Waals surface area contributed by atoms with Crippen LogP contribution in [0.2, 0.25) is 0 Å². The van der Waals surface area contributed by atoms with Gasteiger partial charge in [-0.3, -0.25) is 0 Å². The predicted molar refractivity (Wildman–Crippen MR) is 53.0 cm³/mol. The zero-order valence-corrected chi connectivity index (χ0v) is 8.47. The van der Waals surface area contributed by atoms with E-state index in [0.717, 1.165) is 6.04 Å². The van der Waals surface area contributed by atoms with Crippen LogP contribution >= 0.6 is 0 Å². The Kier molecular flexibility index (Phi) is 7.39. The first-order valence-corrected chi connectivity index (χ1v) is 4.78. The maximum Gasteiger partial charge on any atom is 0.404 e. The molecule has 0 aliphatic heterocycles. The largest absolute Gasteiger partial charge is 0.465 e. The summed E-state index contributed by atoms with van der Waals surface area (Å²) in [6, 6.07) is 0.837. The molecule has 13 heavy (non-hydrogen) atoms. The van der Waals surface area contributed by atoms with Gasteiger partial charge in [-0.25, -0.2) is 4.79 Å². The molecule has 0 aromatic heterocycles. The Morgan fingerprint density at radius 1 is 1.23 bits per heavy atom. The van der Waals surface area contributed by atoms with Crippen LogP contribution in [0, 0.1) is 0 Å². The molecule has 1 amide bonds. The Labute approximate surface area is 79.7 Å². The molecule has 3 N–H and O–H groups in total. The molecule has 0 radical (unpaired) electrons. The molecule has 0 atom stereocenters. The van der Waals surface area contributed by atoms with E-state index in [-0.39, 0.29) is 0 Å². The zero-order chi connectivity index (χ0) is 10.1. The van der Waals surface area contributed by atoms with E-state index < -0.39 is 6.09 Å². The van der Waals surface area contributed by atoms with Crippen molar-refractivity contribution >= 4 is 6.09 Å². The van der Waals surface area contributed by atoms with E-state index >= 15 is 0 Å². The highest BCUT2D eigenvalue weighted by Gasteiger charge is 2.09. The topological polar surface area (TPSA) is 61.4 Å². The highest BCUT2D eigenvalue weighted by atomic mass is 16.4. The molecule has 1 aliphatic rings. The molecule has 4 heteroatoms. The van der Waals surface area contributed by atoms with Gasteiger partial charge < -0.3 is 15.7 Å². The number of carbonyl (C=O) groups is 1. The summed E-state index contributed by atoms with van der Waals surface area (Å²) in [5.41, 5.74) is 0. The molecule has 0 heterocycles. The number of rotatable bonds is 1. The summed E-state index contributed by atoms with van der Waals surface area (Å²) in [4.78, 5) is 9.26. The summed E-state index contributed by atoms with van der Waals surface area (Å²) < 4.78 is 0. The normalized spacial score (nSPS) is 17.1. The van der Waals surface area contributed by atoms with E-state index in [1.807, 2.05) is 5.32 Å². The van der Waals surface area contributed by atoms with Crippen molar-refractivity contribution in [2.45, 2.75) is 38.1 Å². The zero-order valence-electron chi connectivity index (χ0n) is 8.47. The van der Waals surface area contributed by atoms with Crippen LogP contribution in [0.4, 0.5) is 4.79 Å². The second-order valence-corrected chi connectivity index (χ2v) is 3.18. The highest BCUT2D eigenvalue weighted by Crippen LogP contribution is 2.16. The number of carboxylic acid groups (broad SMARTS) is 1. The van der Waals surface area contributed by atoms with Crippen LogP contribution in [0.3, 0.4) is 0 Å². The highest BCUT2D eigenvalue weighted by molar-refractivity contribution is 5.63. The van der Waals surface area contributed by atoms with E-state index in [2.05, 4.69) is 12.4 Å². The molecule has 0 saturated heterocycles. The number of hydrogen-bond donors (Lipinski definition) is 3. The Morgan fingerprint density at radius 3 is 1.92 bits per heavy atom. The van der Waals surface area contributed by atoms with Gasteiger partial charge in [0.05, 0.1) is 0 Å². The second-order valence-electron chi connectivity index (χ2n) is 3.18. The van der Waals surface area contributed by atoms with Crippen LogP contribution in [0.25, 0.3) is 0 Å². The van der Waals surface area contributed by atoms with Crippen LogP contribution in [0.15, 0.2) is 0 Å². The van der Waals surface area contributed by atoms with Crippen LogP contribution in [0.1, 0.15) is 32.1 Å². The van der Waals surface area contributed by atoms with Gasteiger partial charge in [0, 0.05) is 13.1 Å². The lowest BCUT2D eigenvalue weighted by Crippen LogP contribution is -2.26. The third-order valence-electron chi connectivity index (χ3n) is 2.23. The molecular weight excluding hydrogens is 168 g/mol. The van der Waals surface area contributed by atoms with Crippen molar-refractivity contribution in [3.05, 3.63) is 0 Å². The van der Waals surface area contributed by atoms with Gasteiger partial charge in [0.1, 0.15) is 0 Å². The van der Waals surface area contributed by atoms with Gasteiger partial charge in [0.2, 0.25) is 0 Å². The van der Waals surface area contributed by atoms with E-state index in [9.17, 15) is 4.79 Å². The predicted octanol–water partition coefficient (Wildman–Crippen LogP) is 1.42. The molecule has 1 rings (SSSR count). The average molecular weight is 188 g/mol. The summed E-state index contributed by atoms with van der Waals surface area (Å²) in [7, 11) is 3.42. The summed E-state index contributed by atoms with van der Waals surface area (Å²) in [6.45, 7) is 0. The summed E-state index contributed by atoms with van der Waals surface area (Å²) in [5, 5.41) is 12.9. The third kappa shape index (κ3) is 7.59. The van der Waals surface area contributed by atoms with Crippen LogP contribution in [0.5, 0.6) is 0 Å². The minimum Gasteiger partial charge on any atom is -0.465 e. The first-order valence-electron chi connectivity index (χ1n) is 4.78. The van der Waals surface area contributed by atoms with Crippen molar-refractivity contribution in [1.82, 2.24) is 10.6 Å². The van der Waals surface area contributed by atoms with Gasteiger partial charge in [-0.05, 0) is 19.9 Å². The average Bonchev–Trinajstić information content (AvgIpc) is 2.20. The fourth-order valence-corrected chi connectivity index (χ4v) is 1.39. The third-order valence-corrected chi connectivity index (χ3v) is 2.23. The quantitative estimate of drug-likeness (QED) is 0.583. The van der Waals surface area contributed by atoms with E-state index in [4.69, 9.17) is 5.11 Å². The molecule has 0 aromatic rings. The summed E-state index contributed by atoms with van der Waals surface area (Å²) in [5.74, 6) is 0. The van der Waals surface area contributed by atoms with Gasteiger partial charge in [-0.2, -0.15) is 0 Å². The number of hydrogen-bond acceptors (Lipinski definition) is 2. The van der Waals surface area contributed by atoms with Crippen molar-refractivity contribution in [1.29, 1.82) is 0 Å². The lowest BCUT2D eigenvalue weighted by molar-refractivity contribution is 0.197. The van der Waals surface area contributed by atoms with Gasteiger partial charge in [0.25, 0.3) is 0 Å². The molecule has 4 nitrogen and oxygen atoms in total. The molecule has 0 bridgehead atoms. The molecule has 1 saturated carbocycles. The van der Waals surface area contributed by atoms with Crippen molar-refractivity contribution in [2.24, 2.45) is 0 Å². The molecule has 1 aliphatic carbocycles. The molecule has 0 unspecified atom stereocenters. The van der Waals surface area contributed by atoms with E-state index in [1.165, 1.54) is 39.2 Å². The number of nitrogens with one attached hydrogen (secondary N) is 2. The van der Waals surface area contributed by atoms with Crippen molar-refractivity contribution in [3.8, 4) is 0 Å². The molecule has 0 spiro atoms. The standard InChI is InChI=1S/C7H15N.C2H5NO2/c1-8-7-5-3-2-4-6-7;1-3-2(4)5/h7-8H,2-6H2,1H3;3H,1H3,(H,4,5). The Hall–Kier alpha value is -0.770. The maximum atomic E-state index is 9.26. The van der Waals surface area contributed by atoms with Gasteiger partial charge in [-0.15, -0.1) is 0 Å². The second kappa shape index (κ2) is 7.86. The summed E-state index contributed by atoms with van der Waals surface area (Å²) in [6.07, 6.45) is 6.13. The molecule has 0 aromatic carbocycles. The van der Waals surface area contributed by atoms with Crippen LogP contribution in [-0.4, -0.2) is 31.3 Å². The Morgan fingerprint density at radius 2 is 1.69 bits per heavy atom. The minimum absolute atomic E-state index is 0.837. The summed E-state index contributed by atoms with van der Waals surface area (Å²) >= 11 is 0. The molecular formula is C9H20N2O2. The fourth-order valence-electron chi connectivity index (χ4n) is 1.39. The SMILES string of the molecule is CNC(=O)O.CNC1CCCCC1. The van der Waals surface area contributed by atoms with E-state index in [1.54, 1.807) is 0 Å². The van der Waals surface area contributed by atoms with Crippen molar-refractivity contribution in [3.63, 3.8) is 0 Å².